The maximum Gasteiger partial charge on any atom is 0.240 e. The van der Waals surface area contributed by atoms with E-state index in [-0.39, 0.29) is 29.6 Å². The number of hydrogen-bond donors (Lipinski definition) is 1. The van der Waals surface area contributed by atoms with Crippen molar-refractivity contribution in [2.75, 3.05) is 38.0 Å². The van der Waals surface area contributed by atoms with Crippen LogP contribution in [0.15, 0.2) is 23.6 Å². The van der Waals surface area contributed by atoms with Crippen molar-refractivity contribution in [2.45, 2.75) is 6.92 Å². The van der Waals surface area contributed by atoms with Gasteiger partial charge in [0.05, 0.1) is 12.2 Å². The second-order valence-corrected chi connectivity index (χ2v) is 6.85. The quantitative estimate of drug-likeness (QED) is 0.883. The van der Waals surface area contributed by atoms with Crippen LogP contribution in [0.4, 0.5) is 13.9 Å². The molecular formula is C17H18F2N4O2S. The van der Waals surface area contributed by atoms with E-state index in [0.29, 0.717) is 31.3 Å². The lowest BCUT2D eigenvalue weighted by molar-refractivity contribution is -0.130. The molecule has 1 fully saturated rings. The Labute approximate surface area is 153 Å². The predicted octanol–water partition coefficient (Wildman–Crippen LogP) is 2.19. The maximum absolute atomic E-state index is 13.8. The van der Waals surface area contributed by atoms with Gasteiger partial charge in [0, 0.05) is 44.0 Å². The average Bonchev–Trinajstić information content (AvgIpc) is 3.05. The lowest BCUT2D eigenvalue weighted by Gasteiger charge is -2.33. The van der Waals surface area contributed by atoms with Crippen LogP contribution in [0, 0.1) is 11.6 Å². The van der Waals surface area contributed by atoms with Crippen molar-refractivity contribution in [2.24, 2.45) is 0 Å². The summed E-state index contributed by atoms with van der Waals surface area (Å²) in [6.07, 6.45) is 0. The zero-order chi connectivity index (χ0) is 18.7. The molecule has 2 heterocycles. The lowest BCUT2D eigenvalue weighted by atomic mass is 10.1. The van der Waals surface area contributed by atoms with Gasteiger partial charge in [0.15, 0.2) is 5.13 Å². The van der Waals surface area contributed by atoms with Crippen molar-refractivity contribution in [3.8, 4) is 11.3 Å². The van der Waals surface area contributed by atoms with Crippen molar-refractivity contribution in [1.29, 1.82) is 0 Å². The topological polar surface area (TPSA) is 65.5 Å². The van der Waals surface area contributed by atoms with Crippen LogP contribution in [-0.2, 0) is 9.59 Å². The van der Waals surface area contributed by atoms with Gasteiger partial charge in [-0.3, -0.25) is 14.5 Å². The Kier molecular flexibility index (Phi) is 5.58. The normalized spacial score (nSPS) is 15.1. The van der Waals surface area contributed by atoms with Gasteiger partial charge < -0.3 is 10.2 Å². The van der Waals surface area contributed by atoms with Gasteiger partial charge in [-0.2, -0.15) is 0 Å². The number of anilines is 1. The minimum Gasteiger partial charge on any atom is -0.340 e. The van der Waals surface area contributed by atoms with E-state index >= 15 is 0 Å². The Hall–Kier alpha value is -2.39. The molecule has 1 aliphatic heterocycles. The highest BCUT2D eigenvalue weighted by atomic mass is 32.1. The van der Waals surface area contributed by atoms with Gasteiger partial charge in [-0.1, -0.05) is 0 Å². The molecule has 0 unspecified atom stereocenters. The van der Waals surface area contributed by atoms with Crippen molar-refractivity contribution >= 4 is 28.3 Å². The van der Waals surface area contributed by atoms with Gasteiger partial charge in [-0.15, -0.1) is 11.3 Å². The Bertz CT molecular complexity index is 819. The first kappa shape index (κ1) is 18.4. The number of nitrogens with zero attached hydrogens (tertiary/aromatic N) is 3. The summed E-state index contributed by atoms with van der Waals surface area (Å²) >= 11 is 1.15. The highest BCUT2D eigenvalue weighted by molar-refractivity contribution is 7.14. The Morgan fingerprint density at radius 1 is 1.23 bits per heavy atom. The number of piperazine rings is 1. The summed E-state index contributed by atoms with van der Waals surface area (Å²) in [4.78, 5) is 31.3. The largest absolute Gasteiger partial charge is 0.340 e. The second kappa shape index (κ2) is 7.88. The molecule has 2 amide bonds. The molecule has 6 nitrogen and oxygen atoms in total. The number of aromatic nitrogens is 1. The summed E-state index contributed by atoms with van der Waals surface area (Å²) in [5, 5.41) is 4.58. The van der Waals surface area contributed by atoms with Gasteiger partial charge in [0.2, 0.25) is 11.8 Å². The first-order valence-electron chi connectivity index (χ1n) is 8.11. The van der Waals surface area contributed by atoms with Gasteiger partial charge >= 0.3 is 0 Å². The summed E-state index contributed by atoms with van der Waals surface area (Å²) < 4.78 is 27.1. The predicted molar refractivity (Wildman–Crippen MR) is 94.8 cm³/mol. The molecule has 1 N–H and O–H groups in total. The molecule has 1 saturated heterocycles. The Morgan fingerprint density at radius 2 is 1.96 bits per heavy atom. The number of nitrogens with one attached hydrogen (secondary N) is 1. The summed E-state index contributed by atoms with van der Waals surface area (Å²) in [7, 11) is 0. The number of hydrogen-bond acceptors (Lipinski definition) is 5. The summed E-state index contributed by atoms with van der Waals surface area (Å²) in [6.45, 7) is 4.18. The fraction of sp³-hybridized carbons (Fsp3) is 0.353. The Balaban J connectivity index is 1.57. The van der Waals surface area contributed by atoms with Crippen LogP contribution in [0.1, 0.15) is 6.92 Å². The molecule has 0 spiro atoms. The highest BCUT2D eigenvalue weighted by Gasteiger charge is 2.20. The molecule has 1 aliphatic rings. The minimum atomic E-state index is -0.571. The number of thiazole rings is 1. The first-order chi connectivity index (χ1) is 12.4. The molecule has 26 heavy (non-hydrogen) atoms. The molecule has 0 atom stereocenters. The zero-order valence-corrected chi connectivity index (χ0v) is 15.0. The lowest BCUT2D eigenvalue weighted by Crippen LogP contribution is -2.49. The van der Waals surface area contributed by atoms with Crippen LogP contribution in [0.25, 0.3) is 11.3 Å². The van der Waals surface area contributed by atoms with Crippen LogP contribution in [0.5, 0.6) is 0 Å². The second-order valence-electron chi connectivity index (χ2n) is 5.99. The van der Waals surface area contributed by atoms with E-state index in [9.17, 15) is 18.4 Å². The van der Waals surface area contributed by atoms with Gasteiger partial charge in [-0.25, -0.2) is 13.8 Å². The molecule has 9 heteroatoms. The summed E-state index contributed by atoms with van der Waals surface area (Å²) in [6, 6.07) is 3.16. The van der Waals surface area contributed by atoms with Gasteiger partial charge in [0.1, 0.15) is 11.6 Å². The van der Waals surface area contributed by atoms with Crippen molar-refractivity contribution in [3.05, 3.63) is 35.2 Å². The fourth-order valence-corrected chi connectivity index (χ4v) is 3.46. The summed E-state index contributed by atoms with van der Waals surface area (Å²) in [5.41, 5.74) is 0.333. The molecule has 1 aromatic carbocycles. The molecule has 1 aromatic heterocycles. The average molecular weight is 380 g/mol. The highest BCUT2D eigenvalue weighted by Crippen LogP contribution is 2.27. The van der Waals surface area contributed by atoms with E-state index in [1.165, 1.54) is 6.92 Å². The number of carbonyl (C=O) groups excluding carboxylic acids is 2. The standard InChI is InChI=1S/C17H18F2N4O2S/c1-11(24)23-6-4-22(5-7-23)9-16(25)21-17-20-15(10-26-17)13-8-12(18)2-3-14(13)19/h2-3,8,10H,4-7,9H2,1H3,(H,20,21,25). The van der Waals surface area contributed by atoms with Crippen LogP contribution < -0.4 is 5.32 Å². The zero-order valence-electron chi connectivity index (χ0n) is 14.2. The van der Waals surface area contributed by atoms with Crippen LogP contribution in [0.3, 0.4) is 0 Å². The van der Waals surface area contributed by atoms with E-state index in [2.05, 4.69) is 10.3 Å². The molecule has 0 aliphatic carbocycles. The maximum atomic E-state index is 13.8. The molecule has 3 rings (SSSR count). The third kappa shape index (κ3) is 4.41. The number of amides is 2. The van der Waals surface area contributed by atoms with Gasteiger partial charge in [0.25, 0.3) is 0 Å². The molecular weight excluding hydrogens is 362 g/mol. The number of benzene rings is 1. The van der Waals surface area contributed by atoms with E-state index in [0.717, 1.165) is 29.5 Å². The van der Waals surface area contributed by atoms with Crippen LogP contribution in [0.2, 0.25) is 0 Å². The monoisotopic (exact) mass is 380 g/mol. The SMILES string of the molecule is CC(=O)N1CCN(CC(=O)Nc2nc(-c3cc(F)ccc3F)cs2)CC1. The molecule has 0 saturated carbocycles. The van der Waals surface area contributed by atoms with E-state index in [4.69, 9.17) is 0 Å². The molecule has 138 valence electrons. The van der Waals surface area contributed by atoms with Crippen molar-refractivity contribution < 1.29 is 18.4 Å². The van der Waals surface area contributed by atoms with Crippen LogP contribution >= 0.6 is 11.3 Å². The smallest absolute Gasteiger partial charge is 0.240 e. The molecule has 0 bridgehead atoms. The summed E-state index contributed by atoms with van der Waals surface area (Å²) in [5.74, 6) is -1.32. The van der Waals surface area contributed by atoms with Crippen molar-refractivity contribution in [1.82, 2.24) is 14.8 Å². The number of rotatable bonds is 4. The van der Waals surface area contributed by atoms with E-state index < -0.39 is 11.6 Å². The Morgan fingerprint density at radius 3 is 2.65 bits per heavy atom. The molecule has 0 radical (unpaired) electrons. The molecule has 2 aromatic rings. The van der Waals surface area contributed by atoms with Crippen LogP contribution in [-0.4, -0.2) is 59.3 Å². The van der Waals surface area contributed by atoms with E-state index in [1.807, 2.05) is 4.90 Å². The van der Waals surface area contributed by atoms with E-state index in [1.54, 1.807) is 10.3 Å². The van der Waals surface area contributed by atoms with Gasteiger partial charge in [-0.05, 0) is 18.2 Å². The third-order valence-electron chi connectivity index (χ3n) is 4.14. The fourth-order valence-electron chi connectivity index (χ4n) is 2.73. The number of halogens is 2. The number of carbonyl (C=O) groups is 2. The minimum absolute atomic E-state index is 0.0361. The van der Waals surface area contributed by atoms with Crippen molar-refractivity contribution in [3.63, 3.8) is 0 Å². The first-order valence-corrected chi connectivity index (χ1v) is 8.99. The third-order valence-corrected chi connectivity index (χ3v) is 4.90.